The molecule has 1 aromatic rings. The lowest BCUT2D eigenvalue weighted by molar-refractivity contribution is -0.0383. The third-order valence-corrected chi connectivity index (χ3v) is 3.24. The molecule has 0 aliphatic carbocycles. The summed E-state index contributed by atoms with van der Waals surface area (Å²) in [4.78, 5) is 0. The van der Waals surface area contributed by atoms with Gasteiger partial charge in [-0.25, -0.2) is 0 Å². The second kappa shape index (κ2) is 6.92. The quantitative estimate of drug-likeness (QED) is 0.776. The van der Waals surface area contributed by atoms with Gasteiger partial charge in [0.1, 0.15) is 11.9 Å². The van der Waals surface area contributed by atoms with Crippen LogP contribution < -0.4 is 5.73 Å². The molecule has 104 valence electrons. The molecule has 4 nitrogen and oxygen atoms in total. The predicted molar refractivity (Wildman–Crippen MR) is 71.4 cm³/mol. The van der Waals surface area contributed by atoms with Crippen molar-refractivity contribution in [3.8, 4) is 0 Å². The summed E-state index contributed by atoms with van der Waals surface area (Å²) >= 11 is 0. The summed E-state index contributed by atoms with van der Waals surface area (Å²) in [6, 6.07) is 3.70. The molecule has 0 aliphatic rings. The molecule has 2 N–H and O–H groups in total. The van der Waals surface area contributed by atoms with Gasteiger partial charge in [0.15, 0.2) is 0 Å². The van der Waals surface area contributed by atoms with E-state index in [4.69, 9.17) is 19.6 Å². The second-order valence-corrected chi connectivity index (χ2v) is 5.09. The Morgan fingerprint density at radius 1 is 1.44 bits per heavy atom. The number of ether oxygens (including phenoxy) is 2. The van der Waals surface area contributed by atoms with Crippen molar-refractivity contribution in [3.63, 3.8) is 0 Å². The van der Waals surface area contributed by atoms with Crippen molar-refractivity contribution in [2.75, 3.05) is 13.7 Å². The van der Waals surface area contributed by atoms with Crippen molar-refractivity contribution >= 4 is 0 Å². The largest absolute Gasteiger partial charge is 0.467 e. The highest BCUT2D eigenvalue weighted by atomic mass is 16.5. The number of hydrogen-bond acceptors (Lipinski definition) is 4. The van der Waals surface area contributed by atoms with Gasteiger partial charge in [-0.05, 0) is 38.8 Å². The molecule has 0 amide bonds. The maximum Gasteiger partial charge on any atom is 0.134 e. The molecule has 0 saturated carbocycles. The van der Waals surface area contributed by atoms with Crippen LogP contribution in [0.1, 0.15) is 45.5 Å². The van der Waals surface area contributed by atoms with E-state index < -0.39 is 0 Å². The van der Waals surface area contributed by atoms with Gasteiger partial charge in [-0.3, -0.25) is 0 Å². The van der Waals surface area contributed by atoms with Gasteiger partial charge in [0.25, 0.3) is 0 Å². The molecule has 2 unspecified atom stereocenters. The predicted octanol–water partition coefficient (Wildman–Crippen LogP) is 2.89. The van der Waals surface area contributed by atoms with Crippen LogP contribution >= 0.6 is 0 Å². The number of furan rings is 1. The smallest absolute Gasteiger partial charge is 0.134 e. The second-order valence-electron chi connectivity index (χ2n) is 5.09. The lowest BCUT2D eigenvalue weighted by Crippen LogP contribution is -2.31. The van der Waals surface area contributed by atoms with Crippen LogP contribution in [0.4, 0.5) is 0 Å². The first-order chi connectivity index (χ1) is 8.50. The van der Waals surface area contributed by atoms with Crippen LogP contribution in [0.2, 0.25) is 0 Å². The number of methoxy groups -OCH3 is 1. The fourth-order valence-electron chi connectivity index (χ4n) is 1.62. The fourth-order valence-corrected chi connectivity index (χ4v) is 1.62. The van der Waals surface area contributed by atoms with E-state index in [1.165, 1.54) is 0 Å². The monoisotopic (exact) mass is 255 g/mol. The Balaban J connectivity index is 2.53. The summed E-state index contributed by atoms with van der Waals surface area (Å²) in [7, 11) is 1.71. The minimum absolute atomic E-state index is 0.0539. The van der Waals surface area contributed by atoms with Gasteiger partial charge in [-0.2, -0.15) is 0 Å². The van der Waals surface area contributed by atoms with Crippen molar-refractivity contribution in [2.45, 2.75) is 51.4 Å². The third kappa shape index (κ3) is 4.44. The van der Waals surface area contributed by atoms with E-state index in [9.17, 15) is 0 Å². The third-order valence-electron chi connectivity index (χ3n) is 3.24. The summed E-state index contributed by atoms with van der Waals surface area (Å²) in [6.45, 7) is 6.72. The molecule has 1 rings (SSSR count). The fraction of sp³-hybridized carbons (Fsp3) is 0.714. The van der Waals surface area contributed by atoms with E-state index in [1.807, 2.05) is 32.9 Å². The molecule has 0 radical (unpaired) electrons. The van der Waals surface area contributed by atoms with Crippen molar-refractivity contribution in [1.29, 1.82) is 0 Å². The van der Waals surface area contributed by atoms with Gasteiger partial charge >= 0.3 is 0 Å². The van der Waals surface area contributed by atoms with Crippen LogP contribution in [0.5, 0.6) is 0 Å². The maximum atomic E-state index is 6.07. The average molecular weight is 255 g/mol. The maximum absolute atomic E-state index is 6.07. The molecule has 0 fully saturated rings. The molecule has 0 aliphatic heterocycles. The van der Waals surface area contributed by atoms with Gasteiger partial charge < -0.3 is 19.6 Å². The van der Waals surface area contributed by atoms with Crippen LogP contribution in [0.3, 0.4) is 0 Å². The zero-order valence-electron chi connectivity index (χ0n) is 11.8. The Morgan fingerprint density at radius 3 is 2.67 bits per heavy atom. The van der Waals surface area contributed by atoms with Crippen LogP contribution in [-0.2, 0) is 9.47 Å². The highest BCUT2D eigenvalue weighted by Gasteiger charge is 2.23. The van der Waals surface area contributed by atoms with Gasteiger partial charge in [0.2, 0.25) is 0 Å². The normalized spacial score (nSPS) is 15.6. The molecule has 1 aromatic heterocycles. The Hall–Kier alpha value is -0.840. The SMILES string of the molecule is CCC(N)C(OCCC(C)(C)OC)c1ccco1. The first-order valence-corrected chi connectivity index (χ1v) is 6.46. The van der Waals surface area contributed by atoms with E-state index in [0.29, 0.717) is 6.61 Å². The number of rotatable bonds is 8. The summed E-state index contributed by atoms with van der Waals surface area (Å²) in [5, 5.41) is 0. The number of nitrogens with two attached hydrogens (primary N) is 1. The lowest BCUT2D eigenvalue weighted by atomic mass is 10.1. The summed E-state index contributed by atoms with van der Waals surface area (Å²) < 4.78 is 16.6. The molecule has 18 heavy (non-hydrogen) atoms. The van der Waals surface area contributed by atoms with Crippen LogP contribution in [0.15, 0.2) is 22.8 Å². The van der Waals surface area contributed by atoms with Crippen LogP contribution in [0, 0.1) is 0 Å². The van der Waals surface area contributed by atoms with E-state index in [0.717, 1.165) is 18.6 Å². The van der Waals surface area contributed by atoms with Gasteiger partial charge in [0, 0.05) is 13.2 Å². The van der Waals surface area contributed by atoms with Crippen molar-refractivity contribution in [3.05, 3.63) is 24.2 Å². The summed E-state index contributed by atoms with van der Waals surface area (Å²) in [6.07, 6.45) is 3.13. The van der Waals surface area contributed by atoms with E-state index in [2.05, 4.69) is 0 Å². The molecular weight excluding hydrogens is 230 g/mol. The molecule has 1 heterocycles. The van der Waals surface area contributed by atoms with Crippen molar-refractivity contribution in [2.24, 2.45) is 5.73 Å². The lowest BCUT2D eigenvalue weighted by Gasteiger charge is -2.26. The van der Waals surface area contributed by atoms with Gasteiger partial charge in [-0.1, -0.05) is 6.92 Å². The summed E-state index contributed by atoms with van der Waals surface area (Å²) in [5.41, 5.74) is 5.90. The van der Waals surface area contributed by atoms with Crippen LogP contribution in [0.25, 0.3) is 0 Å². The van der Waals surface area contributed by atoms with E-state index in [1.54, 1.807) is 13.4 Å². The first-order valence-electron chi connectivity index (χ1n) is 6.46. The molecular formula is C14H25NO3. The number of hydrogen-bond donors (Lipinski definition) is 1. The molecule has 0 bridgehead atoms. The standard InChI is InChI=1S/C14H25NO3/c1-5-11(15)13(12-7-6-9-17-12)18-10-8-14(2,3)16-4/h6-7,9,11,13H,5,8,10,15H2,1-4H3. The summed E-state index contributed by atoms with van der Waals surface area (Å²) in [5.74, 6) is 0.791. The Morgan fingerprint density at radius 2 is 2.17 bits per heavy atom. The Bertz CT molecular complexity index is 322. The minimum Gasteiger partial charge on any atom is -0.467 e. The van der Waals surface area contributed by atoms with E-state index in [-0.39, 0.29) is 17.7 Å². The molecule has 4 heteroatoms. The Kier molecular flexibility index (Phi) is 5.85. The average Bonchev–Trinajstić information content (AvgIpc) is 2.87. The minimum atomic E-state index is -0.183. The van der Waals surface area contributed by atoms with Crippen molar-refractivity contribution in [1.82, 2.24) is 0 Å². The van der Waals surface area contributed by atoms with Gasteiger partial charge in [0.05, 0.1) is 18.5 Å². The molecule has 2 atom stereocenters. The highest BCUT2D eigenvalue weighted by molar-refractivity contribution is 5.04. The topological polar surface area (TPSA) is 57.6 Å². The van der Waals surface area contributed by atoms with Gasteiger partial charge in [-0.15, -0.1) is 0 Å². The Labute approximate surface area is 109 Å². The highest BCUT2D eigenvalue weighted by Crippen LogP contribution is 2.24. The van der Waals surface area contributed by atoms with Crippen molar-refractivity contribution < 1.29 is 13.9 Å². The molecule has 0 aromatic carbocycles. The zero-order chi connectivity index (χ0) is 13.6. The molecule has 0 spiro atoms. The molecule has 0 saturated heterocycles. The first kappa shape index (κ1) is 15.2. The van der Waals surface area contributed by atoms with E-state index >= 15 is 0 Å². The zero-order valence-corrected chi connectivity index (χ0v) is 11.8. The van der Waals surface area contributed by atoms with Crippen LogP contribution in [-0.4, -0.2) is 25.4 Å².